The second-order valence-electron chi connectivity index (χ2n) is 5.67. The molecule has 26 heavy (non-hydrogen) atoms. The summed E-state index contributed by atoms with van der Waals surface area (Å²) in [6.07, 6.45) is 0. The third kappa shape index (κ3) is 7.14. The van der Waals surface area contributed by atoms with Gasteiger partial charge in [0.15, 0.2) is 0 Å². The van der Waals surface area contributed by atoms with Crippen molar-refractivity contribution < 1.29 is 9.53 Å². The average molecular weight is 376 g/mol. The number of carbonyl (C=O) groups is 1. The average Bonchev–Trinajstić information content (AvgIpc) is 2.63. The van der Waals surface area contributed by atoms with Gasteiger partial charge in [-0.25, -0.2) is 0 Å². The Morgan fingerprint density at radius 2 is 1.88 bits per heavy atom. The van der Waals surface area contributed by atoms with Crippen molar-refractivity contribution in [2.75, 3.05) is 30.0 Å². The van der Waals surface area contributed by atoms with Crippen molar-refractivity contribution in [2.24, 2.45) is 0 Å². The number of rotatable bonds is 9. The zero-order valence-corrected chi connectivity index (χ0v) is 16.0. The summed E-state index contributed by atoms with van der Waals surface area (Å²) in [6, 6.07) is 10.2. The summed E-state index contributed by atoms with van der Waals surface area (Å²) in [5.74, 6) is 1.44. The van der Waals surface area contributed by atoms with Crippen LogP contribution in [0.1, 0.15) is 19.4 Å². The van der Waals surface area contributed by atoms with Crippen LogP contribution in [-0.4, -0.2) is 45.6 Å². The molecule has 0 radical (unpaired) electrons. The number of amides is 1. The Kier molecular flexibility index (Phi) is 7.94. The van der Waals surface area contributed by atoms with E-state index in [0.717, 1.165) is 5.56 Å². The summed E-state index contributed by atoms with van der Waals surface area (Å²) >= 11 is 1.21. The molecular formula is C17H24N6O2S. The fourth-order valence-corrected chi connectivity index (χ4v) is 2.54. The van der Waals surface area contributed by atoms with Crippen LogP contribution in [0.15, 0.2) is 30.3 Å². The number of nitrogens with one attached hydrogen (secondary N) is 3. The molecular weight excluding hydrogens is 352 g/mol. The van der Waals surface area contributed by atoms with E-state index < -0.39 is 0 Å². The number of hydrogen-bond donors (Lipinski definition) is 3. The van der Waals surface area contributed by atoms with E-state index in [2.05, 4.69) is 30.9 Å². The molecule has 1 heterocycles. The Hall–Kier alpha value is -2.55. The minimum atomic E-state index is -0.0638. The molecule has 1 aromatic carbocycles. The molecule has 0 unspecified atom stereocenters. The Bertz CT molecular complexity index is 699. The van der Waals surface area contributed by atoms with E-state index in [1.54, 1.807) is 0 Å². The van der Waals surface area contributed by atoms with E-state index in [9.17, 15) is 4.79 Å². The maximum absolute atomic E-state index is 11.9. The van der Waals surface area contributed by atoms with E-state index in [-0.39, 0.29) is 17.3 Å². The molecule has 2 aromatic rings. The molecule has 2 rings (SSSR count). The van der Waals surface area contributed by atoms with Crippen LogP contribution in [-0.2, 0) is 6.54 Å². The first-order valence-electron chi connectivity index (χ1n) is 8.32. The van der Waals surface area contributed by atoms with Crippen LogP contribution in [0.5, 0.6) is 6.01 Å². The quantitative estimate of drug-likeness (QED) is 0.574. The van der Waals surface area contributed by atoms with Crippen molar-refractivity contribution in [2.45, 2.75) is 26.4 Å². The molecule has 8 nitrogen and oxygen atoms in total. The first-order chi connectivity index (χ1) is 12.6. The third-order valence-corrected chi connectivity index (χ3v) is 3.93. The molecule has 1 aromatic heterocycles. The van der Waals surface area contributed by atoms with E-state index in [0.29, 0.717) is 30.7 Å². The van der Waals surface area contributed by atoms with Gasteiger partial charge in [0.2, 0.25) is 11.9 Å². The molecule has 0 saturated carbocycles. The number of benzene rings is 1. The van der Waals surface area contributed by atoms with Gasteiger partial charge in [-0.15, -0.1) is 0 Å². The molecule has 0 spiro atoms. The van der Waals surface area contributed by atoms with Gasteiger partial charge < -0.3 is 20.7 Å². The first kappa shape index (κ1) is 19.8. The third-order valence-electron chi connectivity index (χ3n) is 3.11. The van der Waals surface area contributed by atoms with Crippen LogP contribution < -0.4 is 20.7 Å². The number of thioether (sulfide) groups is 1. The normalized spacial score (nSPS) is 10.5. The molecule has 1 amide bonds. The van der Waals surface area contributed by atoms with Crippen molar-refractivity contribution >= 4 is 28.9 Å². The molecule has 0 bridgehead atoms. The standard InChI is InChI=1S/C17H24N6O2S/c1-12(2)20-15-21-14(22-16(23-15)25-3)18-9-10-26-17(24)19-11-13-7-5-4-6-8-13/h4-8,12H,9-11H2,1-3H3,(H,19,24)(H2,18,20,21,22,23). The Morgan fingerprint density at radius 3 is 2.58 bits per heavy atom. The SMILES string of the molecule is COc1nc(NCCSC(=O)NCc2ccccc2)nc(NC(C)C)n1. The molecule has 0 aliphatic heterocycles. The maximum atomic E-state index is 11.9. The largest absolute Gasteiger partial charge is 0.467 e. The molecule has 140 valence electrons. The van der Waals surface area contributed by atoms with Crippen molar-refractivity contribution in [3.63, 3.8) is 0 Å². The van der Waals surface area contributed by atoms with Gasteiger partial charge in [-0.2, -0.15) is 15.0 Å². The van der Waals surface area contributed by atoms with Crippen LogP contribution >= 0.6 is 11.8 Å². The summed E-state index contributed by atoms with van der Waals surface area (Å²) in [4.78, 5) is 24.4. The lowest BCUT2D eigenvalue weighted by atomic mass is 10.2. The zero-order valence-electron chi connectivity index (χ0n) is 15.2. The van der Waals surface area contributed by atoms with Crippen LogP contribution in [0.4, 0.5) is 16.7 Å². The molecule has 0 saturated heterocycles. The van der Waals surface area contributed by atoms with Crippen molar-refractivity contribution in [3.05, 3.63) is 35.9 Å². The highest BCUT2D eigenvalue weighted by Gasteiger charge is 2.08. The van der Waals surface area contributed by atoms with Gasteiger partial charge in [0, 0.05) is 24.9 Å². The second kappa shape index (κ2) is 10.4. The number of carbonyl (C=O) groups excluding carboxylic acids is 1. The van der Waals surface area contributed by atoms with E-state index >= 15 is 0 Å². The minimum absolute atomic E-state index is 0.0638. The number of ether oxygens (including phenoxy) is 1. The Labute approximate surface area is 157 Å². The first-order valence-corrected chi connectivity index (χ1v) is 9.30. The lowest BCUT2D eigenvalue weighted by Gasteiger charge is -2.11. The van der Waals surface area contributed by atoms with Gasteiger partial charge in [0.25, 0.3) is 5.24 Å². The molecule has 0 atom stereocenters. The highest BCUT2D eigenvalue weighted by atomic mass is 32.2. The minimum Gasteiger partial charge on any atom is -0.467 e. The Morgan fingerprint density at radius 1 is 1.15 bits per heavy atom. The predicted molar refractivity (Wildman–Crippen MR) is 105 cm³/mol. The van der Waals surface area contributed by atoms with Gasteiger partial charge in [-0.1, -0.05) is 42.1 Å². The van der Waals surface area contributed by atoms with Gasteiger partial charge >= 0.3 is 6.01 Å². The number of methoxy groups -OCH3 is 1. The lowest BCUT2D eigenvalue weighted by Crippen LogP contribution is -2.20. The zero-order chi connectivity index (χ0) is 18.8. The van der Waals surface area contributed by atoms with E-state index in [1.807, 2.05) is 44.2 Å². The van der Waals surface area contributed by atoms with Crippen molar-refractivity contribution in [3.8, 4) is 6.01 Å². The summed E-state index contributed by atoms with van der Waals surface area (Å²) in [7, 11) is 1.51. The highest BCUT2D eigenvalue weighted by Crippen LogP contribution is 2.12. The van der Waals surface area contributed by atoms with Gasteiger partial charge in [-0.05, 0) is 19.4 Å². The molecule has 0 aliphatic rings. The van der Waals surface area contributed by atoms with E-state index in [1.165, 1.54) is 18.9 Å². The van der Waals surface area contributed by atoms with Crippen molar-refractivity contribution in [1.29, 1.82) is 0 Å². The predicted octanol–water partition coefficient (Wildman–Crippen LogP) is 2.76. The monoisotopic (exact) mass is 376 g/mol. The molecule has 3 N–H and O–H groups in total. The maximum Gasteiger partial charge on any atom is 0.322 e. The fraction of sp³-hybridized carbons (Fsp3) is 0.412. The van der Waals surface area contributed by atoms with E-state index in [4.69, 9.17) is 4.74 Å². The second-order valence-corrected chi connectivity index (χ2v) is 6.74. The van der Waals surface area contributed by atoms with Gasteiger partial charge in [0.05, 0.1) is 7.11 Å². The lowest BCUT2D eigenvalue weighted by molar-refractivity contribution is 0.260. The van der Waals surface area contributed by atoms with Crippen LogP contribution in [0.2, 0.25) is 0 Å². The van der Waals surface area contributed by atoms with Crippen molar-refractivity contribution in [1.82, 2.24) is 20.3 Å². The topological polar surface area (TPSA) is 101 Å². The number of anilines is 2. The van der Waals surface area contributed by atoms with Crippen LogP contribution in [0.3, 0.4) is 0 Å². The number of aromatic nitrogens is 3. The molecule has 0 aliphatic carbocycles. The Balaban J connectivity index is 1.74. The molecule has 9 heteroatoms. The summed E-state index contributed by atoms with van der Waals surface area (Å²) < 4.78 is 5.08. The summed E-state index contributed by atoms with van der Waals surface area (Å²) in [5, 5.41) is 9.00. The molecule has 0 fully saturated rings. The van der Waals surface area contributed by atoms with Gasteiger partial charge in [-0.3, -0.25) is 4.79 Å². The smallest absolute Gasteiger partial charge is 0.322 e. The van der Waals surface area contributed by atoms with Crippen LogP contribution in [0.25, 0.3) is 0 Å². The number of nitrogens with zero attached hydrogens (tertiary/aromatic N) is 3. The summed E-state index contributed by atoms with van der Waals surface area (Å²) in [5.41, 5.74) is 1.07. The fourth-order valence-electron chi connectivity index (χ4n) is 1.98. The van der Waals surface area contributed by atoms with Gasteiger partial charge in [0.1, 0.15) is 0 Å². The number of hydrogen-bond acceptors (Lipinski definition) is 8. The summed E-state index contributed by atoms with van der Waals surface area (Å²) in [6.45, 7) is 5.05. The van der Waals surface area contributed by atoms with Crippen LogP contribution in [0, 0.1) is 0 Å². The highest BCUT2D eigenvalue weighted by molar-refractivity contribution is 8.13.